The van der Waals surface area contributed by atoms with Gasteiger partial charge in [-0.2, -0.15) is 0 Å². The molecule has 1 aliphatic rings. The van der Waals surface area contributed by atoms with Crippen LogP contribution in [-0.2, 0) is 0 Å². The Morgan fingerprint density at radius 1 is 1.00 bits per heavy atom. The van der Waals surface area contributed by atoms with E-state index in [1.54, 1.807) is 19.2 Å². The van der Waals surface area contributed by atoms with Crippen molar-refractivity contribution < 1.29 is 13.9 Å². The Kier molecular flexibility index (Phi) is 5.63. The third-order valence-electron chi connectivity index (χ3n) is 5.16. The summed E-state index contributed by atoms with van der Waals surface area (Å²) in [6.45, 7) is 4.14. The van der Waals surface area contributed by atoms with E-state index in [1.807, 2.05) is 30.3 Å². The lowest BCUT2D eigenvalue weighted by molar-refractivity contribution is 0.263. The maximum Gasteiger partial charge on any atom is 0.193 e. The number of ether oxygens (including phenoxy) is 2. The topological polar surface area (TPSA) is 51.9 Å². The highest BCUT2D eigenvalue weighted by Crippen LogP contribution is 2.26. The van der Waals surface area contributed by atoms with Gasteiger partial charge in [-0.3, -0.25) is 4.79 Å². The fourth-order valence-corrected chi connectivity index (χ4v) is 3.61. The van der Waals surface area contributed by atoms with Gasteiger partial charge < -0.3 is 18.8 Å². The van der Waals surface area contributed by atoms with Crippen molar-refractivity contribution in [3.05, 3.63) is 58.8 Å². The van der Waals surface area contributed by atoms with Gasteiger partial charge in [-0.1, -0.05) is 0 Å². The van der Waals surface area contributed by atoms with E-state index < -0.39 is 0 Å². The van der Waals surface area contributed by atoms with Gasteiger partial charge in [-0.15, -0.1) is 0 Å². The zero-order valence-corrected chi connectivity index (χ0v) is 16.1. The highest BCUT2D eigenvalue weighted by Gasteiger charge is 2.11. The van der Waals surface area contributed by atoms with Crippen LogP contribution < -0.4 is 14.9 Å². The Balaban J connectivity index is 1.49. The minimum atomic E-state index is -0.0624. The molecule has 0 spiro atoms. The van der Waals surface area contributed by atoms with E-state index in [-0.39, 0.29) is 5.43 Å². The first kappa shape index (κ1) is 18.6. The third-order valence-corrected chi connectivity index (χ3v) is 5.16. The summed E-state index contributed by atoms with van der Waals surface area (Å²) in [5, 5.41) is 0.557. The summed E-state index contributed by atoms with van der Waals surface area (Å²) in [6, 6.07) is 14.4. The van der Waals surface area contributed by atoms with Crippen molar-refractivity contribution in [3.63, 3.8) is 0 Å². The highest BCUT2D eigenvalue weighted by molar-refractivity contribution is 5.80. The molecular weight excluding hydrogens is 354 g/mol. The second kappa shape index (κ2) is 8.48. The van der Waals surface area contributed by atoms with E-state index in [4.69, 9.17) is 13.9 Å². The summed E-state index contributed by atoms with van der Waals surface area (Å²) in [7, 11) is 1.62. The molecule has 0 atom stereocenters. The Morgan fingerprint density at radius 3 is 2.50 bits per heavy atom. The summed E-state index contributed by atoms with van der Waals surface area (Å²) in [4.78, 5) is 15.0. The quantitative estimate of drug-likeness (QED) is 0.572. The largest absolute Gasteiger partial charge is 0.497 e. The summed E-state index contributed by atoms with van der Waals surface area (Å²) >= 11 is 0. The standard InChI is InChI=1S/C23H25NO4/c1-26-18-7-5-17(6-8-18)22-16-21(25)20-10-9-19(15-23(20)28-22)27-14-4-13-24-11-2-3-12-24/h5-10,15-16H,2-4,11-14H2,1H3. The average Bonchev–Trinajstić information content (AvgIpc) is 3.24. The second-order valence-electron chi connectivity index (χ2n) is 7.11. The molecule has 0 radical (unpaired) electrons. The predicted octanol–water partition coefficient (Wildman–Crippen LogP) is 4.33. The lowest BCUT2D eigenvalue weighted by Crippen LogP contribution is -2.21. The first-order valence-electron chi connectivity index (χ1n) is 9.80. The molecule has 4 rings (SSSR count). The van der Waals surface area contributed by atoms with Gasteiger partial charge in [0, 0.05) is 24.2 Å². The molecule has 2 heterocycles. The van der Waals surface area contributed by atoms with Crippen LogP contribution in [0.1, 0.15) is 19.3 Å². The molecule has 28 heavy (non-hydrogen) atoms. The maximum atomic E-state index is 12.5. The molecule has 3 aromatic rings. The summed E-state index contributed by atoms with van der Waals surface area (Å²) in [5.41, 5.74) is 1.31. The van der Waals surface area contributed by atoms with E-state index in [1.165, 1.54) is 32.0 Å². The molecule has 0 aliphatic carbocycles. The monoisotopic (exact) mass is 379 g/mol. The molecular formula is C23H25NO4. The smallest absolute Gasteiger partial charge is 0.193 e. The van der Waals surface area contributed by atoms with Crippen LogP contribution in [0.25, 0.3) is 22.3 Å². The maximum absolute atomic E-state index is 12.5. The van der Waals surface area contributed by atoms with Gasteiger partial charge >= 0.3 is 0 Å². The van der Waals surface area contributed by atoms with Crippen LogP contribution in [0.3, 0.4) is 0 Å². The van der Waals surface area contributed by atoms with E-state index in [0.29, 0.717) is 23.3 Å². The van der Waals surface area contributed by atoms with Gasteiger partial charge in [0.1, 0.15) is 22.8 Å². The van der Waals surface area contributed by atoms with Crippen LogP contribution in [0.5, 0.6) is 11.5 Å². The van der Waals surface area contributed by atoms with Gasteiger partial charge in [-0.25, -0.2) is 0 Å². The number of fused-ring (bicyclic) bond motifs is 1. The van der Waals surface area contributed by atoms with Crippen LogP contribution in [0.15, 0.2) is 57.7 Å². The molecule has 146 valence electrons. The molecule has 0 N–H and O–H groups in total. The minimum Gasteiger partial charge on any atom is -0.497 e. The van der Waals surface area contributed by atoms with Gasteiger partial charge in [0.2, 0.25) is 0 Å². The predicted molar refractivity (Wildman–Crippen MR) is 110 cm³/mol. The Bertz CT molecular complexity index is 988. The molecule has 5 heteroatoms. The zero-order valence-electron chi connectivity index (χ0n) is 16.1. The van der Waals surface area contributed by atoms with E-state index >= 15 is 0 Å². The van der Waals surface area contributed by atoms with Crippen LogP contribution in [0, 0.1) is 0 Å². The van der Waals surface area contributed by atoms with Crippen molar-refractivity contribution in [1.29, 1.82) is 0 Å². The molecule has 1 aliphatic heterocycles. The molecule has 1 fully saturated rings. The van der Waals surface area contributed by atoms with E-state index in [0.717, 1.165) is 30.0 Å². The molecule has 0 saturated carbocycles. The molecule has 1 saturated heterocycles. The van der Waals surface area contributed by atoms with Gasteiger partial charge in [0.05, 0.1) is 19.1 Å². The van der Waals surface area contributed by atoms with Crippen molar-refractivity contribution in [2.45, 2.75) is 19.3 Å². The summed E-state index contributed by atoms with van der Waals surface area (Å²) in [6.07, 6.45) is 3.61. The van der Waals surface area contributed by atoms with E-state index in [9.17, 15) is 4.79 Å². The van der Waals surface area contributed by atoms with Crippen molar-refractivity contribution in [2.24, 2.45) is 0 Å². The van der Waals surface area contributed by atoms with Crippen LogP contribution in [-0.4, -0.2) is 38.3 Å². The van der Waals surface area contributed by atoms with Gasteiger partial charge in [0.25, 0.3) is 0 Å². The molecule has 0 unspecified atom stereocenters. The first-order chi connectivity index (χ1) is 13.7. The number of benzene rings is 2. The Hall–Kier alpha value is -2.79. The normalized spacial score (nSPS) is 14.5. The zero-order chi connectivity index (χ0) is 19.3. The molecule has 0 amide bonds. The van der Waals surface area contributed by atoms with E-state index in [2.05, 4.69) is 4.90 Å². The fourth-order valence-electron chi connectivity index (χ4n) is 3.61. The van der Waals surface area contributed by atoms with Crippen LogP contribution in [0.2, 0.25) is 0 Å². The number of hydrogen-bond acceptors (Lipinski definition) is 5. The third kappa shape index (κ3) is 4.20. The van der Waals surface area contributed by atoms with Gasteiger partial charge in [-0.05, 0) is 68.8 Å². The second-order valence-corrected chi connectivity index (χ2v) is 7.11. The highest BCUT2D eigenvalue weighted by atomic mass is 16.5. The molecule has 2 aromatic carbocycles. The number of rotatable bonds is 7. The molecule has 5 nitrogen and oxygen atoms in total. The minimum absolute atomic E-state index is 0.0624. The number of methoxy groups -OCH3 is 1. The number of hydrogen-bond donors (Lipinski definition) is 0. The first-order valence-corrected chi connectivity index (χ1v) is 9.80. The van der Waals surface area contributed by atoms with Crippen LogP contribution in [0.4, 0.5) is 0 Å². The molecule has 1 aromatic heterocycles. The summed E-state index contributed by atoms with van der Waals surface area (Å²) in [5.74, 6) is 2.02. The van der Waals surface area contributed by atoms with Crippen molar-refractivity contribution in [3.8, 4) is 22.8 Å². The Morgan fingerprint density at radius 2 is 1.75 bits per heavy atom. The Labute approximate surface area is 164 Å². The van der Waals surface area contributed by atoms with Crippen molar-refractivity contribution in [2.75, 3.05) is 33.4 Å². The lowest BCUT2D eigenvalue weighted by Gasteiger charge is -2.14. The fraction of sp³-hybridized carbons (Fsp3) is 0.348. The SMILES string of the molecule is COc1ccc(-c2cc(=O)c3ccc(OCCCN4CCCC4)cc3o2)cc1. The van der Waals surface area contributed by atoms with Crippen molar-refractivity contribution in [1.82, 2.24) is 4.90 Å². The summed E-state index contributed by atoms with van der Waals surface area (Å²) < 4.78 is 17.1. The number of likely N-dealkylation sites (tertiary alicyclic amines) is 1. The molecule has 0 bridgehead atoms. The number of nitrogens with zero attached hydrogens (tertiary/aromatic N) is 1. The van der Waals surface area contributed by atoms with Gasteiger partial charge in [0.15, 0.2) is 5.43 Å². The van der Waals surface area contributed by atoms with Crippen molar-refractivity contribution >= 4 is 11.0 Å². The average molecular weight is 379 g/mol. The lowest BCUT2D eigenvalue weighted by atomic mass is 10.1. The van der Waals surface area contributed by atoms with Crippen LogP contribution >= 0.6 is 0 Å².